The maximum Gasteiger partial charge on any atom is 0.305 e. The van der Waals surface area contributed by atoms with Gasteiger partial charge >= 0.3 is 23.9 Å². The number of rotatable bonds is 6. The lowest BCUT2D eigenvalue weighted by Gasteiger charge is -2.43. The van der Waals surface area contributed by atoms with Crippen LogP contribution in [0.4, 0.5) is 0 Å². The zero-order valence-corrected chi connectivity index (χ0v) is 14.3. The zero-order valence-electron chi connectivity index (χ0n) is 14.3. The minimum atomic E-state index is -1.44. The summed E-state index contributed by atoms with van der Waals surface area (Å²) >= 11 is 0. The van der Waals surface area contributed by atoms with Gasteiger partial charge in [0.15, 0.2) is 12.2 Å². The molecule has 5 atom stereocenters. The van der Waals surface area contributed by atoms with Crippen LogP contribution in [-0.4, -0.2) is 60.9 Å². The van der Waals surface area contributed by atoms with Crippen molar-refractivity contribution in [2.45, 2.75) is 64.8 Å². The van der Waals surface area contributed by atoms with Gasteiger partial charge in [0.2, 0.25) is 12.4 Å². The third kappa shape index (κ3) is 6.14. The number of esters is 4. The van der Waals surface area contributed by atoms with Crippen LogP contribution in [0.5, 0.6) is 0 Å². The monoisotopic (exact) mass is 360 g/mol. The lowest BCUT2D eigenvalue weighted by molar-refractivity contribution is -0.295. The number of ether oxygens (including phenoxy) is 5. The van der Waals surface area contributed by atoms with E-state index in [0.29, 0.717) is 6.29 Å². The summed E-state index contributed by atoms with van der Waals surface area (Å²) in [6, 6.07) is 0. The molecule has 0 aliphatic carbocycles. The molecule has 0 aromatic heterocycles. The molecule has 1 fully saturated rings. The molecule has 1 aliphatic rings. The van der Waals surface area contributed by atoms with Gasteiger partial charge in [-0.05, 0) is 0 Å². The molecule has 0 unspecified atom stereocenters. The van der Waals surface area contributed by atoms with E-state index in [2.05, 4.69) is 0 Å². The van der Waals surface area contributed by atoms with Crippen LogP contribution in [0, 0.1) is 0 Å². The molecule has 25 heavy (non-hydrogen) atoms. The standard InChI is InChI=1S/C15H20O10/c1-7(17)21-12-11(5-6-16)25-15(24-10(4)20)14(23-9(3)19)13(12)22-8(2)18/h6,11-15H,5H2,1-4H3/t11-,12-,13+,14+,15+/m1/s1. The van der Waals surface area contributed by atoms with Crippen molar-refractivity contribution < 1.29 is 47.7 Å². The van der Waals surface area contributed by atoms with Crippen molar-refractivity contribution in [1.82, 2.24) is 0 Å². The van der Waals surface area contributed by atoms with Crippen LogP contribution in [0.25, 0.3) is 0 Å². The van der Waals surface area contributed by atoms with Gasteiger partial charge in [-0.3, -0.25) is 19.2 Å². The highest BCUT2D eigenvalue weighted by Crippen LogP contribution is 2.30. The third-order valence-corrected chi connectivity index (χ3v) is 3.11. The Hall–Kier alpha value is -2.49. The van der Waals surface area contributed by atoms with Crippen LogP contribution in [0.1, 0.15) is 34.1 Å². The zero-order chi connectivity index (χ0) is 19.1. The Morgan fingerprint density at radius 2 is 1.20 bits per heavy atom. The first kappa shape index (κ1) is 20.6. The minimum Gasteiger partial charge on any atom is -0.456 e. The molecule has 0 radical (unpaired) electrons. The smallest absolute Gasteiger partial charge is 0.305 e. The van der Waals surface area contributed by atoms with E-state index in [1.165, 1.54) is 0 Å². The van der Waals surface area contributed by atoms with Crippen LogP contribution >= 0.6 is 0 Å². The van der Waals surface area contributed by atoms with E-state index in [9.17, 15) is 24.0 Å². The van der Waals surface area contributed by atoms with E-state index in [0.717, 1.165) is 27.7 Å². The number of aldehydes is 1. The molecule has 0 bridgehead atoms. The summed E-state index contributed by atoms with van der Waals surface area (Å²) in [5, 5.41) is 0. The van der Waals surface area contributed by atoms with Gasteiger partial charge in [0.1, 0.15) is 12.4 Å². The average molecular weight is 360 g/mol. The normalized spacial score (nSPS) is 28.4. The number of carbonyl (C=O) groups is 5. The van der Waals surface area contributed by atoms with Gasteiger partial charge in [-0.25, -0.2) is 0 Å². The van der Waals surface area contributed by atoms with E-state index in [1.54, 1.807) is 0 Å². The van der Waals surface area contributed by atoms with Crippen molar-refractivity contribution >= 4 is 30.2 Å². The van der Waals surface area contributed by atoms with E-state index in [4.69, 9.17) is 23.7 Å². The predicted molar refractivity (Wildman–Crippen MR) is 77.8 cm³/mol. The summed E-state index contributed by atoms with van der Waals surface area (Å²) in [7, 11) is 0. The van der Waals surface area contributed by atoms with E-state index < -0.39 is 54.6 Å². The van der Waals surface area contributed by atoms with Crippen LogP contribution in [0.2, 0.25) is 0 Å². The SMILES string of the molecule is CC(=O)O[C@H]1O[C@H](CC=O)[C@@H](OC(C)=O)[C@H](OC(C)=O)[C@@H]1OC(C)=O. The highest BCUT2D eigenvalue weighted by molar-refractivity contribution is 5.69. The van der Waals surface area contributed by atoms with Crippen molar-refractivity contribution in [3.63, 3.8) is 0 Å². The van der Waals surface area contributed by atoms with Crippen LogP contribution < -0.4 is 0 Å². The Balaban J connectivity index is 3.28. The molecular formula is C15H20O10. The Labute approximate surface area is 143 Å². The van der Waals surface area contributed by atoms with Crippen molar-refractivity contribution in [2.24, 2.45) is 0 Å². The molecule has 0 spiro atoms. The first-order valence-corrected chi connectivity index (χ1v) is 7.43. The van der Waals surface area contributed by atoms with E-state index >= 15 is 0 Å². The fourth-order valence-corrected chi connectivity index (χ4v) is 2.40. The quantitative estimate of drug-likeness (QED) is 0.352. The first-order chi connectivity index (χ1) is 11.6. The molecule has 0 amide bonds. The third-order valence-electron chi connectivity index (χ3n) is 3.11. The maximum absolute atomic E-state index is 11.4. The maximum atomic E-state index is 11.4. The largest absolute Gasteiger partial charge is 0.456 e. The lowest BCUT2D eigenvalue weighted by atomic mass is 9.96. The second-order valence-electron chi connectivity index (χ2n) is 5.28. The second kappa shape index (κ2) is 9.11. The van der Waals surface area contributed by atoms with E-state index in [1.807, 2.05) is 0 Å². The highest BCUT2D eigenvalue weighted by atomic mass is 16.7. The first-order valence-electron chi connectivity index (χ1n) is 7.43. The highest BCUT2D eigenvalue weighted by Gasteiger charge is 2.53. The van der Waals surface area contributed by atoms with Gasteiger partial charge in [-0.15, -0.1) is 0 Å². The summed E-state index contributed by atoms with van der Waals surface area (Å²) in [5.74, 6) is -3.00. The molecule has 10 heteroatoms. The van der Waals surface area contributed by atoms with Gasteiger partial charge in [0, 0.05) is 34.1 Å². The molecule has 1 aliphatic heterocycles. The minimum absolute atomic E-state index is 0.236. The molecule has 1 saturated heterocycles. The fraction of sp³-hybridized carbons (Fsp3) is 0.667. The van der Waals surface area contributed by atoms with Crippen LogP contribution in [-0.2, 0) is 47.7 Å². The van der Waals surface area contributed by atoms with Gasteiger partial charge < -0.3 is 28.5 Å². The van der Waals surface area contributed by atoms with Gasteiger partial charge in [0.25, 0.3) is 0 Å². The predicted octanol–water partition coefficient (Wildman–Crippen LogP) is -0.341. The summed E-state index contributed by atoms with van der Waals surface area (Å²) in [6.45, 7) is 4.40. The molecule has 10 nitrogen and oxygen atoms in total. The van der Waals surface area contributed by atoms with E-state index in [-0.39, 0.29) is 6.42 Å². The van der Waals surface area contributed by atoms with Crippen molar-refractivity contribution in [1.29, 1.82) is 0 Å². The van der Waals surface area contributed by atoms with Crippen LogP contribution in [0.3, 0.4) is 0 Å². The molecule has 140 valence electrons. The number of hydrogen-bond donors (Lipinski definition) is 0. The Morgan fingerprint density at radius 1 is 0.760 bits per heavy atom. The van der Waals surface area contributed by atoms with Crippen molar-refractivity contribution in [3.8, 4) is 0 Å². The van der Waals surface area contributed by atoms with Gasteiger partial charge in [-0.1, -0.05) is 0 Å². The molecule has 0 saturated carbocycles. The summed E-state index contributed by atoms with van der Waals surface area (Å²) in [5.41, 5.74) is 0. The summed E-state index contributed by atoms with van der Waals surface area (Å²) in [4.78, 5) is 56.4. The number of carbonyl (C=O) groups excluding carboxylic acids is 5. The Kier molecular flexibility index (Phi) is 7.49. The summed E-state index contributed by atoms with van der Waals surface area (Å²) in [6.07, 6.45) is -6.18. The molecular weight excluding hydrogens is 340 g/mol. The van der Waals surface area contributed by atoms with Crippen LogP contribution in [0.15, 0.2) is 0 Å². The Bertz CT molecular complexity index is 542. The fourth-order valence-electron chi connectivity index (χ4n) is 2.40. The van der Waals surface area contributed by atoms with Gasteiger partial charge in [-0.2, -0.15) is 0 Å². The summed E-state index contributed by atoms with van der Waals surface area (Å²) < 4.78 is 25.7. The molecule has 0 aromatic rings. The van der Waals surface area contributed by atoms with Gasteiger partial charge in [0.05, 0.1) is 0 Å². The number of hydrogen-bond acceptors (Lipinski definition) is 10. The lowest BCUT2D eigenvalue weighted by Crippen LogP contribution is -2.62. The van der Waals surface area contributed by atoms with Crippen molar-refractivity contribution in [2.75, 3.05) is 0 Å². The van der Waals surface area contributed by atoms with Crippen molar-refractivity contribution in [3.05, 3.63) is 0 Å². The molecule has 0 N–H and O–H groups in total. The molecule has 0 aromatic carbocycles. The topological polar surface area (TPSA) is 132 Å². The average Bonchev–Trinajstić information content (AvgIpc) is 2.45. The Morgan fingerprint density at radius 3 is 1.64 bits per heavy atom. The molecule has 1 rings (SSSR count). The molecule has 1 heterocycles. The second-order valence-corrected chi connectivity index (χ2v) is 5.28.